The fraction of sp³-hybridized carbons (Fsp3) is 0.467. The van der Waals surface area contributed by atoms with Crippen molar-refractivity contribution in [3.05, 3.63) is 29.8 Å². The van der Waals surface area contributed by atoms with Crippen LogP contribution in [-0.2, 0) is 4.79 Å². The molecule has 2 N–H and O–H groups in total. The number of benzene rings is 1. The van der Waals surface area contributed by atoms with Crippen LogP contribution in [0.25, 0.3) is 0 Å². The Labute approximate surface area is 118 Å². The second-order valence-electron chi connectivity index (χ2n) is 4.71. The lowest BCUT2D eigenvalue weighted by Crippen LogP contribution is -2.42. The van der Waals surface area contributed by atoms with E-state index in [0.717, 1.165) is 0 Å². The van der Waals surface area contributed by atoms with Crippen LogP contribution in [0.4, 0.5) is 0 Å². The minimum atomic E-state index is -0.908. The first-order valence-corrected chi connectivity index (χ1v) is 6.64. The number of carboxylic acids is 1. The minimum Gasteiger partial charge on any atom is -0.497 e. The number of nitrogens with one attached hydrogen (secondary N) is 1. The number of ether oxygens (including phenoxy) is 1. The minimum absolute atomic E-state index is 0.116. The maximum atomic E-state index is 12.1. The van der Waals surface area contributed by atoms with Gasteiger partial charge in [-0.05, 0) is 31.0 Å². The second-order valence-corrected chi connectivity index (χ2v) is 4.71. The molecule has 0 saturated carbocycles. The molecule has 1 aromatic rings. The molecule has 0 aliphatic carbocycles. The molecular weight excluding hydrogens is 258 g/mol. The predicted octanol–water partition coefficient (Wildman–Crippen LogP) is 2.32. The number of carboxylic acid groups (broad SMARTS) is 1. The quantitative estimate of drug-likeness (QED) is 0.803. The van der Waals surface area contributed by atoms with E-state index in [9.17, 15) is 14.7 Å². The number of methoxy groups -OCH3 is 1. The molecule has 1 aromatic carbocycles. The Bertz CT molecular complexity index is 481. The van der Waals surface area contributed by atoms with Crippen LogP contribution in [0.5, 0.6) is 5.75 Å². The zero-order chi connectivity index (χ0) is 15.2. The SMILES string of the molecule is CCC(CC)(CNC(=O)c1cccc(OC)c1)C(=O)O. The molecule has 0 radical (unpaired) electrons. The summed E-state index contributed by atoms with van der Waals surface area (Å²) in [7, 11) is 1.53. The molecule has 0 aromatic heterocycles. The molecule has 1 amide bonds. The molecular formula is C15H21NO4. The van der Waals surface area contributed by atoms with Gasteiger partial charge < -0.3 is 15.2 Å². The summed E-state index contributed by atoms with van der Waals surface area (Å²) in [5.74, 6) is -0.585. The Hall–Kier alpha value is -2.04. The largest absolute Gasteiger partial charge is 0.497 e. The first-order chi connectivity index (χ1) is 9.49. The number of hydrogen-bond donors (Lipinski definition) is 2. The maximum Gasteiger partial charge on any atom is 0.311 e. The summed E-state index contributed by atoms with van der Waals surface area (Å²) in [4.78, 5) is 23.4. The molecule has 0 bridgehead atoms. The highest BCUT2D eigenvalue weighted by molar-refractivity contribution is 5.94. The Morgan fingerprint density at radius 2 is 1.95 bits per heavy atom. The number of rotatable bonds is 7. The van der Waals surface area contributed by atoms with E-state index in [4.69, 9.17) is 4.74 Å². The standard InChI is InChI=1S/C15H21NO4/c1-4-15(5-2,14(18)19)10-16-13(17)11-7-6-8-12(9-11)20-3/h6-9H,4-5,10H2,1-3H3,(H,16,17)(H,18,19). The van der Waals surface area contributed by atoms with Gasteiger partial charge >= 0.3 is 5.97 Å². The predicted molar refractivity (Wildman–Crippen MR) is 76.0 cm³/mol. The van der Waals surface area contributed by atoms with E-state index in [2.05, 4.69) is 5.32 Å². The van der Waals surface area contributed by atoms with Crippen molar-refractivity contribution in [2.45, 2.75) is 26.7 Å². The molecule has 0 aliphatic heterocycles. The number of amides is 1. The van der Waals surface area contributed by atoms with Crippen LogP contribution in [0, 0.1) is 5.41 Å². The highest BCUT2D eigenvalue weighted by atomic mass is 16.5. The number of carbonyl (C=O) groups excluding carboxylic acids is 1. The molecule has 5 nitrogen and oxygen atoms in total. The zero-order valence-electron chi connectivity index (χ0n) is 12.1. The van der Waals surface area contributed by atoms with Crippen LogP contribution in [0.2, 0.25) is 0 Å². The van der Waals surface area contributed by atoms with E-state index >= 15 is 0 Å². The Morgan fingerprint density at radius 1 is 1.30 bits per heavy atom. The number of carbonyl (C=O) groups is 2. The average molecular weight is 279 g/mol. The van der Waals surface area contributed by atoms with Crippen molar-refractivity contribution in [3.8, 4) is 5.75 Å². The van der Waals surface area contributed by atoms with E-state index in [1.807, 2.05) is 13.8 Å². The fourth-order valence-electron chi connectivity index (χ4n) is 1.99. The first-order valence-electron chi connectivity index (χ1n) is 6.64. The molecule has 0 saturated heterocycles. The van der Waals surface area contributed by atoms with Crippen molar-refractivity contribution in [1.82, 2.24) is 5.32 Å². The molecule has 0 aliphatic rings. The van der Waals surface area contributed by atoms with Crippen LogP contribution >= 0.6 is 0 Å². The fourth-order valence-corrected chi connectivity index (χ4v) is 1.99. The molecule has 5 heteroatoms. The van der Waals surface area contributed by atoms with E-state index in [1.54, 1.807) is 24.3 Å². The molecule has 1 rings (SSSR count). The summed E-state index contributed by atoms with van der Waals surface area (Å²) < 4.78 is 5.06. The monoisotopic (exact) mass is 279 g/mol. The average Bonchev–Trinajstić information content (AvgIpc) is 2.48. The zero-order valence-corrected chi connectivity index (χ0v) is 12.1. The first kappa shape index (κ1) is 16.0. The van der Waals surface area contributed by atoms with Crippen molar-refractivity contribution < 1.29 is 19.4 Å². The number of aliphatic carboxylic acids is 1. The van der Waals surface area contributed by atoms with Gasteiger partial charge in [0.2, 0.25) is 0 Å². The Balaban J connectivity index is 2.77. The lowest BCUT2D eigenvalue weighted by molar-refractivity contribution is -0.149. The van der Waals surface area contributed by atoms with E-state index < -0.39 is 11.4 Å². The van der Waals surface area contributed by atoms with Gasteiger partial charge in [-0.2, -0.15) is 0 Å². The molecule has 0 unspecified atom stereocenters. The highest BCUT2D eigenvalue weighted by Crippen LogP contribution is 2.25. The van der Waals surface area contributed by atoms with Crippen LogP contribution in [0.3, 0.4) is 0 Å². The number of hydrogen-bond acceptors (Lipinski definition) is 3. The van der Waals surface area contributed by atoms with Gasteiger partial charge in [0.05, 0.1) is 12.5 Å². The van der Waals surface area contributed by atoms with Crippen LogP contribution < -0.4 is 10.1 Å². The lowest BCUT2D eigenvalue weighted by atomic mass is 9.82. The van der Waals surface area contributed by atoms with Gasteiger partial charge in [-0.25, -0.2) is 0 Å². The summed E-state index contributed by atoms with van der Waals surface area (Å²) in [6.07, 6.45) is 0.939. The van der Waals surface area contributed by atoms with Crippen molar-refractivity contribution in [3.63, 3.8) is 0 Å². The van der Waals surface area contributed by atoms with Gasteiger partial charge in [0.1, 0.15) is 5.75 Å². The summed E-state index contributed by atoms with van der Waals surface area (Å²) in [5, 5.41) is 12.0. The van der Waals surface area contributed by atoms with Gasteiger partial charge in [0, 0.05) is 12.1 Å². The Morgan fingerprint density at radius 3 is 2.45 bits per heavy atom. The second kappa shape index (κ2) is 6.93. The van der Waals surface area contributed by atoms with Gasteiger partial charge in [0.15, 0.2) is 0 Å². The highest BCUT2D eigenvalue weighted by Gasteiger charge is 2.35. The summed E-state index contributed by atoms with van der Waals surface area (Å²) in [6.45, 7) is 3.75. The van der Waals surface area contributed by atoms with Gasteiger partial charge in [-0.15, -0.1) is 0 Å². The smallest absolute Gasteiger partial charge is 0.311 e. The van der Waals surface area contributed by atoms with E-state index in [1.165, 1.54) is 7.11 Å². The molecule has 110 valence electrons. The molecule has 20 heavy (non-hydrogen) atoms. The van der Waals surface area contributed by atoms with Crippen LogP contribution in [0.1, 0.15) is 37.0 Å². The lowest BCUT2D eigenvalue weighted by Gasteiger charge is -2.26. The third kappa shape index (κ3) is 3.50. The van der Waals surface area contributed by atoms with Crippen LogP contribution in [-0.4, -0.2) is 30.6 Å². The topological polar surface area (TPSA) is 75.6 Å². The molecule has 0 spiro atoms. The van der Waals surface area contributed by atoms with E-state index in [-0.39, 0.29) is 12.5 Å². The van der Waals surface area contributed by atoms with Crippen molar-refractivity contribution >= 4 is 11.9 Å². The Kier molecular flexibility index (Phi) is 5.55. The van der Waals surface area contributed by atoms with Gasteiger partial charge in [-0.1, -0.05) is 19.9 Å². The van der Waals surface area contributed by atoms with Crippen LogP contribution in [0.15, 0.2) is 24.3 Å². The normalized spacial score (nSPS) is 10.9. The summed E-state index contributed by atoms with van der Waals surface area (Å²) in [6, 6.07) is 6.75. The van der Waals surface area contributed by atoms with E-state index in [0.29, 0.717) is 24.2 Å². The van der Waals surface area contributed by atoms with Gasteiger partial charge in [-0.3, -0.25) is 9.59 Å². The summed E-state index contributed by atoms with van der Waals surface area (Å²) in [5.41, 5.74) is -0.454. The summed E-state index contributed by atoms with van der Waals surface area (Å²) >= 11 is 0. The van der Waals surface area contributed by atoms with Gasteiger partial charge in [0.25, 0.3) is 5.91 Å². The third-order valence-corrected chi connectivity index (χ3v) is 3.73. The molecule has 0 atom stereocenters. The molecule has 0 fully saturated rings. The van der Waals surface area contributed by atoms with Crippen molar-refractivity contribution in [2.24, 2.45) is 5.41 Å². The maximum absolute atomic E-state index is 12.1. The van der Waals surface area contributed by atoms with Crippen molar-refractivity contribution in [1.29, 1.82) is 0 Å². The third-order valence-electron chi connectivity index (χ3n) is 3.73. The molecule has 0 heterocycles. The van der Waals surface area contributed by atoms with Crippen molar-refractivity contribution in [2.75, 3.05) is 13.7 Å².